The summed E-state index contributed by atoms with van der Waals surface area (Å²) in [5, 5.41) is 0. The van der Waals surface area contributed by atoms with Gasteiger partial charge in [-0.15, -0.1) is 0 Å². The minimum atomic E-state index is 0.466. The van der Waals surface area contributed by atoms with Crippen LogP contribution < -0.4 is 5.73 Å². The molecule has 98 valence electrons. The highest BCUT2D eigenvalue weighted by molar-refractivity contribution is 5.32. The number of hydrogen-bond donors (Lipinski definition) is 1. The normalized spacial score (nSPS) is 31.9. The summed E-state index contributed by atoms with van der Waals surface area (Å²) < 4.78 is 0. The predicted octanol–water partition coefficient (Wildman–Crippen LogP) is 4.01. The molecule has 18 heavy (non-hydrogen) atoms. The molecule has 3 rings (SSSR count). The van der Waals surface area contributed by atoms with Crippen molar-refractivity contribution in [2.45, 2.75) is 63.3 Å². The van der Waals surface area contributed by atoms with Crippen LogP contribution in [0.15, 0.2) is 24.3 Å². The first-order valence-corrected chi connectivity index (χ1v) is 7.68. The number of nitrogens with two attached hydrogens (primary N) is 1. The van der Waals surface area contributed by atoms with E-state index in [0.29, 0.717) is 6.04 Å². The molecule has 2 N–H and O–H groups in total. The molecular formula is C17H25N. The van der Waals surface area contributed by atoms with Gasteiger partial charge in [0.1, 0.15) is 0 Å². The molecule has 2 aliphatic carbocycles. The van der Waals surface area contributed by atoms with Gasteiger partial charge in [-0.3, -0.25) is 0 Å². The summed E-state index contributed by atoms with van der Waals surface area (Å²) >= 11 is 0. The van der Waals surface area contributed by atoms with Crippen LogP contribution in [0, 0.1) is 5.92 Å². The Balaban J connectivity index is 1.73. The number of hydrogen-bond acceptors (Lipinski definition) is 1. The Morgan fingerprint density at radius 3 is 2.72 bits per heavy atom. The lowest BCUT2D eigenvalue weighted by Crippen LogP contribution is -2.34. The van der Waals surface area contributed by atoms with Gasteiger partial charge in [0.25, 0.3) is 0 Å². The van der Waals surface area contributed by atoms with Gasteiger partial charge in [0.2, 0.25) is 0 Å². The van der Waals surface area contributed by atoms with E-state index in [9.17, 15) is 0 Å². The van der Waals surface area contributed by atoms with Gasteiger partial charge in [-0.05, 0) is 61.5 Å². The van der Waals surface area contributed by atoms with Crippen molar-refractivity contribution in [3.05, 3.63) is 35.4 Å². The minimum Gasteiger partial charge on any atom is -0.327 e. The lowest BCUT2D eigenvalue weighted by atomic mass is 9.73. The number of fused-ring (bicyclic) bond motifs is 1. The quantitative estimate of drug-likeness (QED) is 0.834. The molecule has 0 aromatic heterocycles. The molecular weight excluding hydrogens is 218 g/mol. The fourth-order valence-corrected chi connectivity index (χ4v) is 3.99. The molecule has 0 heterocycles. The Kier molecular flexibility index (Phi) is 3.69. The molecule has 0 bridgehead atoms. The van der Waals surface area contributed by atoms with E-state index in [-0.39, 0.29) is 0 Å². The van der Waals surface area contributed by atoms with Crippen LogP contribution in [0.4, 0.5) is 0 Å². The topological polar surface area (TPSA) is 26.0 Å². The van der Waals surface area contributed by atoms with E-state index >= 15 is 0 Å². The average molecular weight is 243 g/mol. The first-order chi connectivity index (χ1) is 8.84. The van der Waals surface area contributed by atoms with Gasteiger partial charge in [0, 0.05) is 6.04 Å². The summed E-state index contributed by atoms with van der Waals surface area (Å²) in [5.74, 6) is 1.55. The van der Waals surface area contributed by atoms with Crippen molar-refractivity contribution in [1.29, 1.82) is 0 Å². The Labute approximate surface area is 111 Å². The molecule has 1 aromatic carbocycles. The van der Waals surface area contributed by atoms with E-state index in [1.54, 1.807) is 11.1 Å². The first-order valence-electron chi connectivity index (χ1n) is 7.68. The molecule has 1 saturated carbocycles. The molecule has 1 aromatic rings. The van der Waals surface area contributed by atoms with Crippen LogP contribution in [-0.4, -0.2) is 6.04 Å². The summed E-state index contributed by atoms with van der Waals surface area (Å²) in [4.78, 5) is 0. The maximum atomic E-state index is 6.32. The van der Waals surface area contributed by atoms with Crippen molar-refractivity contribution in [2.24, 2.45) is 11.7 Å². The van der Waals surface area contributed by atoms with E-state index in [0.717, 1.165) is 11.8 Å². The molecule has 0 spiro atoms. The molecule has 2 aliphatic rings. The minimum absolute atomic E-state index is 0.466. The van der Waals surface area contributed by atoms with Crippen LogP contribution in [0.1, 0.15) is 62.0 Å². The van der Waals surface area contributed by atoms with Gasteiger partial charge in [-0.25, -0.2) is 0 Å². The summed E-state index contributed by atoms with van der Waals surface area (Å²) in [6.07, 6.45) is 10.7. The molecule has 3 atom stereocenters. The molecule has 0 amide bonds. The summed E-state index contributed by atoms with van der Waals surface area (Å²) in [5.41, 5.74) is 9.54. The molecule has 1 fully saturated rings. The first kappa shape index (κ1) is 12.2. The highest BCUT2D eigenvalue weighted by atomic mass is 14.7. The molecule has 3 unspecified atom stereocenters. The van der Waals surface area contributed by atoms with Crippen molar-refractivity contribution >= 4 is 0 Å². The zero-order valence-corrected chi connectivity index (χ0v) is 11.3. The monoisotopic (exact) mass is 243 g/mol. The lowest BCUT2D eigenvalue weighted by Gasteiger charge is -2.34. The zero-order valence-electron chi connectivity index (χ0n) is 11.3. The number of aryl methyl sites for hydroxylation is 1. The molecule has 1 nitrogen and oxygen atoms in total. The zero-order chi connectivity index (χ0) is 12.4. The Morgan fingerprint density at radius 2 is 1.83 bits per heavy atom. The smallest absolute Gasteiger partial charge is 0.00673 e. The SMILES string of the molecule is NC1CCCCC1CC1CCCc2ccccc21. The highest BCUT2D eigenvalue weighted by Crippen LogP contribution is 2.39. The van der Waals surface area contributed by atoms with E-state index in [2.05, 4.69) is 24.3 Å². The second kappa shape index (κ2) is 5.44. The van der Waals surface area contributed by atoms with Crippen molar-refractivity contribution in [3.63, 3.8) is 0 Å². The maximum Gasteiger partial charge on any atom is 0.00673 e. The second-order valence-electron chi connectivity index (χ2n) is 6.23. The van der Waals surface area contributed by atoms with Crippen molar-refractivity contribution in [3.8, 4) is 0 Å². The van der Waals surface area contributed by atoms with Gasteiger partial charge >= 0.3 is 0 Å². The third-order valence-electron chi connectivity index (χ3n) is 5.05. The van der Waals surface area contributed by atoms with Crippen LogP contribution >= 0.6 is 0 Å². The van der Waals surface area contributed by atoms with Crippen LogP contribution in [0.5, 0.6) is 0 Å². The fraction of sp³-hybridized carbons (Fsp3) is 0.647. The van der Waals surface area contributed by atoms with Gasteiger partial charge in [-0.2, -0.15) is 0 Å². The van der Waals surface area contributed by atoms with E-state index in [1.165, 1.54) is 51.4 Å². The third kappa shape index (κ3) is 2.47. The highest BCUT2D eigenvalue weighted by Gasteiger charge is 2.27. The van der Waals surface area contributed by atoms with Gasteiger partial charge in [0.15, 0.2) is 0 Å². The van der Waals surface area contributed by atoms with E-state index in [4.69, 9.17) is 5.73 Å². The van der Waals surface area contributed by atoms with Gasteiger partial charge in [-0.1, -0.05) is 37.1 Å². The molecule has 1 heteroatoms. The summed E-state index contributed by atoms with van der Waals surface area (Å²) in [7, 11) is 0. The van der Waals surface area contributed by atoms with Crippen LogP contribution in [0.3, 0.4) is 0 Å². The van der Waals surface area contributed by atoms with Crippen LogP contribution in [0.2, 0.25) is 0 Å². The van der Waals surface area contributed by atoms with Gasteiger partial charge < -0.3 is 5.73 Å². The number of benzene rings is 1. The second-order valence-corrected chi connectivity index (χ2v) is 6.23. The molecule has 0 radical (unpaired) electrons. The number of rotatable bonds is 2. The molecule has 0 aliphatic heterocycles. The Bertz CT molecular complexity index is 398. The fourth-order valence-electron chi connectivity index (χ4n) is 3.99. The predicted molar refractivity (Wildman–Crippen MR) is 76.7 cm³/mol. The van der Waals surface area contributed by atoms with Crippen molar-refractivity contribution in [1.82, 2.24) is 0 Å². The summed E-state index contributed by atoms with van der Waals surface area (Å²) in [6, 6.07) is 9.54. The van der Waals surface area contributed by atoms with E-state index < -0.39 is 0 Å². The van der Waals surface area contributed by atoms with Crippen LogP contribution in [-0.2, 0) is 6.42 Å². The largest absolute Gasteiger partial charge is 0.327 e. The van der Waals surface area contributed by atoms with Crippen molar-refractivity contribution in [2.75, 3.05) is 0 Å². The van der Waals surface area contributed by atoms with Crippen molar-refractivity contribution < 1.29 is 0 Å². The van der Waals surface area contributed by atoms with E-state index in [1.807, 2.05) is 0 Å². The maximum absolute atomic E-state index is 6.32. The Morgan fingerprint density at radius 1 is 1.00 bits per heavy atom. The standard InChI is InChI=1S/C17H25N/c18-17-11-4-2-7-15(17)12-14-9-5-8-13-6-1-3-10-16(13)14/h1,3,6,10,14-15,17H,2,4-5,7-9,11-12,18H2. The molecule has 0 saturated heterocycles. The average Bonchev–Trinajstić information content (AvgIpc) is 2.42. The van der Waals surface area contributed by atoms with Gasteiger partial charge in [0.05, 0.1) is 0 Å². The third-order valence-corrected chi connectivity index (χ3v) is 5.05. The Hall–Kier alpha value is -0.820. The van der Waals surface area contributed by atoms with Crippen LogP contribution in [0.25, 0.3) is 0 Å². The summed E-state index contributed by atoms with van der Waals surface area (Å²) in [6.45, 7) is 0. The lowest BCUT2D eigenvalue weighted by molar-refractivity contribution is 0.267.